The van der Waals surface area contributed by atoms with Crippen LogP contribution in [-0.4, -0.2) is 20.1 Å². The van der Waals surface area contributed by atoms with Gasteiger partial charge in [-0.25, -0.2) is 0 Å². The Morgan fingerprint density at radius 1 is 1.09 bits per heavy atom. The average molecular weight is 441 g/mol. The fourth-order valence-electron chi connectivity index (χ4n) is 1.92. The van der Waals surface area contributed by atoms with Crippen molar-refractivity contribution >= 4 is 49.5 Å². The summed E-state index contributed by atoms with van der Waals surface area (Å²) in [5.41, 5.74) is 1.55. The van der Waals surface area contributed by atoms with E-state index in [0.29, 0.717) is 11.5 Å². The summed E-state index contributed by atoms with van der Waals surface area (Å²) in [5.74, 6) is 0.997. The van der Waals surface area contributed by atoms with Crippen molar-refractivity contribution in [1.29, 1.82) is 0 Å². The Morgan fingerprint density at radius 3 is 2.39 bits per heavy atom. The number of ether oxygens (including phenoxy) is 2. The highest BCUT2D eigenvalue weighted by Gasteiger charge is 2.09. The molecule has 0 spiro atoms. The van der Waals surface area contributed by atoms with E-state index in [0.717, 1.165) is 20.2 Å². The Bertz CT molecular complexity index is 727. The molecular formula is C17H15Br2NO3. The molecule has 0 atom stereocenters. The third kappa shape index (κ3) is 4.84. The van der Waals surface area contributed by atoms with Crippen LogP contribution in [0, 0.1) is 0 Å². The molecule has 0 saturated carbocycles. The standard InChI is InChI=1S/C17H15Br2NO3/c1-22-15-10-11(9-14(19)17(15)23-2)3-8-16(21)20-13-6-4-12(18)5-7-13/h3-10H,1-2H3,(H,20,21). The van der Waals surface area contributed by atoms with Crippen molar-refractivity contribution in [2.75, 3.05) is 19.5 Å². The number of hydrogen-bond donors (Lipinski definition) is 1. The number of carbonyl (C=O) groups excluding carboxylic acids is 1. The number of rotatable bonds is 5. The molecule has 1 N–H and O–H groups in total. The van der Waals surface area contributed by atoms with Gasteiger partial charge in [0.15, 0.2) is 11.5 Å². The summed E-state index contributed by atoms with van der Waals surface area (Å²) in [6, 6.07) is 11.0. The Morgan fingerprint density at radius 2 is 1.78 bits per heavy atom. The predicted molar refractivity (Wildman–Crippen MR) is 99.1 cm³/mol. The van der Waals surface area contributed by atoms with E-state index in [1.165, 1.54) is 6.08 Å². The normalized spacial score (nSPS) is 10.6. The lowest BCUT2D eigenvalue weighted by Crippen LogP contribution is -2.07. The van der Waals surface area contributed by atoms with E-state index in [1.54, 1.807) is 26.4 Å². The van der Waals surface area contributed by atoms with E-state index >= 15 is 0 Å². The van der Waals surface area contributed by atoms with Crippen LogP contribution in [0.15, 0.2) is 51.4 Å². The summed E-state index contributed by atoms with van der Waals surface area (Å²) in [7, 11) is 3.14. The second kappa shape index (κ2) is 8.17. The lowest BCUT2D eigenvalue weighted by Gasteiger charge is -2.10. The SMILES string of the molecule is COc1cc(C=CC(=O)Nc2ccc(Br)cc2)cc(Br)c1OC. The summed E-state index contributed by atoms with van der Waals surface area (Å²) < 4.78 is 12.3. The minimum absolute atomic E-state index is 0.210. The number of halogens is 2. The molecule has 2 rings (SSSR count). The molecule has 0 bridgehead atoms. The van der Waals surface area contributed by atoms with Crippen molar-refractivity contribution in [2.45, 2.75) is 0 Å². The van der Waals surface area contributed by atoms with Crippen LogP contribution in [-0.2, 0) is 4.79 Å². The summed E-state index contributed by atoms with van der Waals surface area (Å²) in [4.78, 5) is 12.0. The van der Waals surface area contributed by atoms with E-state index in [4.69, 9.17) is 9.47 Å². The average Bonchev–Trinajstić information content (AvgIpc) is 2.54. The van der Waals surface area contributed by atoms with Gasteiger partial charge in [0.2, 0.25) is 5.91 Å². The Balaban J connectivity index is 2.11. The minimum Gasteiger partial charge on any atom is -0.493 e. The molecule has 0 fully saturated rings. The molecule has 0 radical (unpaired) electrons. The van der Waals surface area contributed by atoms with Crippen LogP contribution >= 0.6 is 31.9 Å². The number of hydrogen-bond acceptors (Lipinski definition) is 3. The Labute approximate surface area is 151 Å². The Hall–Kier alpha value is -1.79. The molecular weight excluding hydrogens is 426 g/mol. The molecule has 120 valence electrons. The first-order chi connectivity index (χ1) is 11.0. The first-order valence-corrected chi connectivity index (χ1v) is 8.28. The molecule has 0 heterocycles. The van der Waals surface area contributed by atoms with E-state index in [2.05, 4.69) is 37.2 Å². The zero-order valence-electron chi connectivity index (χ0n) is 12.6. The lowest BCUT2D eigenvalue weighted by molar-refractivity contribution is -0.111. The van der Waals surface area contributed by atoms with Gasteiger partial charge in [-0.15, -0.1) is 0 Å². The van der Waals surface area contributed by atoms with Gasteiger partial charge in [-0.3, -0.25) is 4.79 Å². The van der Waals surface area contributed by atoms with Gasteiger partial charge in [-0.2, -0.15) is 0 Å². The van der Waals surface area contributed by atoms with E-state index < -0.39 is 0 Å². The summed E-state index contributed by atoms with van der Waals surface area (Å²) in [6.45, 7) is 0. The van der Waals surface area contributed by atoms with Crippen LogP contribution in [0.5, 0.6) is 11.5 Å². The topological polar surface area (TPSA) is 47.6 Å². The number of benzene rings is 2. The van der Waals surface area contributed by atoms with E-state index in [-0.39, 0.29) is 5.91 Å². The molecule has 4 nitrogen and oxygen atoms in total. The molecule has 23 heavy (non-hydrogen) atoms. The van der Waals surface area contributed by atoms with Crippen molar-refractivity contribution < 1.29 is 14.3 Å². The van der Waals surface area contributed by atoms with Gasteiger partial charge in [0.05, 0.1) is 18.7 Å². The van der Waals surface area contributed by atoms with Gasteiger partial charge in [-0.05, 0) is 64.0 Å². The number of anilines is 1. The fraction of sp³-hybridized carbons (Fsp3) is 0.118. The van der Waals surface area contributed by atoms with Crippen molar-refractivity contribution in [3.63, 3.8) is 0 Å². The monoisotopic (exact) mass is 439 g/mol. The Kier molecular flexibility index (Phi) is 6.24. The van der Waals surface area contributed by atoms with E-state index in [1.807, 2.05) is 30.3 Å². The molecule has 2 aromatic carbocycles. The smallest absolute Gasteiger partial charge is 0.248 e. The molecule has 6 heteroatoms. The van der Waals surface area contributed by atoms with Gasteiger partial charge < -0.3 is 14.8 Å². The quantitative estimate of drug-likeness (QED) is 0.674. The highest BCUT2D eigenvalue weighted by atomic mass is 79.9. The van der Waals surface area contributed by atoms with Crippen molar-refractivity contribution in [2.24, 2.45) is 0 Å². The zero-order chi connectivity index (χ0) is 16.8. The van der Waals surface area contributed by atoms with Gasteiger partial charge in [-0.1, -0.05) is 15.9 Å². The van der Waals surface area contributed by atoms with Crippen molar-refractivity contribution in [3.05, 3.63) is 57.0 Å². The van der Waals surface area contributed by atoms with Gasteiger partial charge in [0.25, 0.3) is 0 Å². The second-order valence-electron chi connectivity index (χ2n) is 4.57. The van der Waals surface area contributed by atoms with Crippen LogP contribution in [0.4, 0.5) is 5.69 Å². The number of amides is 1. The lowest BCUT2D eigenvalue weighted by atomic mass is 10.2. The molecule has 0 aliphatic carbocycles. The molecule has 1 amide bonds. The third-order valence-corrected chi connectivity index (χ3v) is 4.11. The molecule has 0 saturated heterocycles. The molecule has 0 aliphatic heterocycles. The highest BCUT2D eigenvalue weighted by molar-refractivity contribution is 9.10. The van der Waals surface area contributed by atoms with Crippen molar-refractivity contribution in [1.82, 2.24) is 0 Å². The minimum atomic E-state index is -0.210. The number of carbonyl (C=O) groups is 1. The van der Waals surface area contributed by atoms with Gasteiger partial charge in [0, 0.05) is 16.2 Å². The third-order valence-electron chi connectivity index (χ3n) is 2.99. The zero-order valence-corrected chi connectivity index (χ0v) is 15.8. The summed E-state index contributed by atoms with van der Waals surface area (Å²) in [5, 5.41) is 2.79. The number of nitrogens with one attached hydrogen (secondary N) is 1. The van der Waals surface area contributed by atoms with Crippen LogP contribution in [0.2, 0.25) is 0 Å². The summed E-state index contributed by atoms with van der Waals surface area (Å²) >= 11 is 6.77. The van der Waals surface area contributed by atoms with Crippen LogP contribution in [0.1, 0.15) is 5.56 Å². The second-order valence-corrected chi connectivity index (χ2v) is 6.34. The van der Waals surface area contributed by atoms with Gasteiger partial charge in [0.1, 0.15) is 0 Å². The first kappa shape index (κ1) is 17.6. The molecule has 0 aliphatic rings. The predicted octanol–water partition coefficient (Wildman–Crippen LogP) is 4.88. The number of methoxy groups -OCH3 is 2. The van der Waals surface area contributed by atoms with E-state index in [9.17, 15) is 4.79 Å². The van der Waals surface area contributed by atoms with Crippen LogP contribution in [0.25, 0.3) is 6.08 Å². The largest absolute Gasteiger partial charge is 0.493 e. The fourth-order valence-corrected chi connectivity index (χ4v) is 2.81. The molecule has 2 aromatic rings. The summed E-state index contributed by atoms with van der Waals surface area (Å²) in [6.07, 6.45) is 3.18. The van der Waals surface area contributed by atoms with Gasteiger partial charge >= 0.3 is 0 Å². The molecule has 0 aromatic heterocycles. The van der Waals surface area contributed by atoms with Crippen molar-refractivity contribution in [3.8, 4) is 11.5 Å². The maximum atomic E-state index is 12.0. The van der Waals surface area contributed by atoms with Crippen LogP contribution < -0.4 is 14.8 Å². The maximum Gasteiger partial charge on any atom is 0.248 e. The first-order valence-electron chi connectivity index (χ1n) is 6.69. The van der Waals surface area contributed by atoms with Crippen LogP contribution in [0.3, 0.4) is 0 Å². The molecule has 0 unspecified atom stereocenters. The maximum absolute atomic E-state index is 12.0. The highest BCUT2D eigenvalue weighted by Crippen LogP contribution is 2.36.